The molecule has 0 unspecified atom stereocenters. The molecule has 1 amide bonds. The van der Waals surface area contributed by atoms with Gasteiger partial charge in [-0.05, 0) is 54.9 Å². The van der Waals surface area contributed by atoms with Gasteiger partial charge in [-0.25, -0.2) is 13.8 Å². The maximum absolute atomic E-state index is 14.3. The van der Waals surface area contributed by atoms with Crippen molar-refractivity contribution < 1.29 is 23.4 Å². The minimum absolute atomic E-state index is 0.0979. The second-order valence-electron chi connectivity index (χ2n) is 11.6. The Labute approximate surface area is 211 Å². The van der Waals surface area contributed by atoms with Gasteiger partial charge in [0.15, 0.2) is 0 Å². The average molecular weight is 502 g/mol. The molecular weight excluding hydrogens is 464 g/mol. The monoisotopic (exact) mass is 501 g/mol. The van der Waals surface area contributed by atoms with Gasteiger partial charge in [0.2, 0.25) is 11.8 Å². The molecular formula is C28H37F2N3O3. The van der Waals surface area contributed by atoms with E-state index in [1.165, 1.54) is 25.1 Å². The van der Waals surface area contributed by atoms with Gasteiger partial charge in [-0.1, -0.05) is 26.8 Å². The number of aromatic nitrogens is 1. The quantitative estimate of drug-likeness (QED) is 0.500. The summed E-state index contributed by atoms with van der Waals surface area (Å²) in [4.78, 5) is 16.5. The predicted octanol–water partition coefficient (Wildman–Crippen LogP) is 4.39. The second kappa shape index (κ2) is 10.4. The van der Waals surface area contributed by atoms with Crippen LogP contribution in [-0.4, -0.2) is 40.3 Å². The number of carbonyl (C=O) groups is 1. The van der Waals surface area contributed by atoms with E-state index in [1.54, 1.807) is 0 Å². The molecule has 36 heavy (non-hydrogen) atoms. The first-order valence-electron chi connectivity index (χ1n) is 12.7. The highest BCUT2D eigenvalue weighted by Crippen LogP contribution is 2.48. The van der Waals surface area contributed by atoms with Crippen molar-refractivity contribution in [2.75, 3.05) is 6.54 Å². The SMILES string of the molecule is CC(=O)N[C@@H](Cc1c(F)cccc1F)[C@@H](O)CN[C@H]1CC2(CCC2)Oc2ncc(CC(C)(C)C)cc21. The number of aliphatic hydroxyl groups is 1. The van der Waals surface area contributed by atoms with E-state index in [0.717, 1.165) is 43.2 Å². The highest BCUT2D eigenvalue weighted by Gasteiger charge is 2.46. The molecule has 0 radical (unpaired) electrons. The molecule has 1 aliphatic heterocycles. The van der Waals surface area contributed by atoms with Crippen molar-refractivity contribution in [2.24, 2.45) is 5.41 Å². The number of nitrogens with zero attached hydrogens (tertiary/aromatic N) is 1. The first-order valence-corrected chi connectivity index (χ1v) is 12.7. The number of amides is 1. The van der Waals surface area contributed by atoms with Gasteiger partial charge >= 0.3 is 0 Å². The van der Waals surface area contributed by atoms with Gasteiger partial charge in [0.1, 0.15) is 17.2 Å². The number of hydrogen-bond donors (Lipinski definition) is 3. The van der Waals surface area contributed by atoms with Crippen molar-refractivity contribution in [1.82, 2.24) is 15.6 Å². The van der Waals surface area contributed by atoms with Crippen molar-refractivity contribution in [1.29, 1.82) is 0 Å². The Balaban J connectivity index is 1.52. The Bertz CT molecular complexity index is 1080. The van der Waals surface area contributed by atoms with E-state index >= 15 is 0 Å². The fourth-order valence-corrected chi connectivity index (χ4v) is 5.24. The zero-order valence-electron chi connectivity index (χ0n) is 21.5. The predicted molar refractivity (Wildman–Crippen MR) is 134 cm³/mol. The van der Waals surface area contributed by atoms with E-state index in [0.29, 0.717) is 5.88 Å². The number of hydrogen-bond acceptors (Lipinski definition) is 5. The van der Waals surface area contributed by atoms with E-state index < -0.39 is 23.8 Å². The van der Waals surface area contributed by atoms with Crippen LogP contribution in [0, 0.1) is 17.0 Å². The third-order valence-corrected chi connectivity index (χ3v) is 7.11. The summed E-state index contributed by atoms with van der Waals surface area (Å²) in [5.74, 6) is -1.16. The Morgan fingerprint density at radius 2 is 1.97 bits per heavy atom. The number of nitrogens with one attached hydrogen (secondary N) is 2. The summed E-state index contributed by atoms with van der Waals surface area (Å²) in [7, 11) is 0. The summed E-state index contributed by atoms with van der Waals surface area (Å²) >= 11 is 0. The number of ether oxygens (including phenoxy) is 1. The molecule has 2 aliphatic rings. The van der Waals surface area contributed by atoms with Crippen LogP contribution in [0.4, 0.5) is 8.78 Å². The van der Waals surface area contributed by atoms with Crippen molar-refractivity contribution >= 4 is 5.91 Å². The lowest BCUT2D eigenvalue weighted by molar-refractivity contribution is -0.120. The molecule has 196 valence electrons. The van der Waals surface area contributed by atoms with Crippen LogP contribution in [0.15, 0.2) is 30.5 Å². The Morgan fingerprint density at radius 3 is 2.56 bits per heavy atom. The van der Waals surface area contributed by atoms with Crippen molar-refractivity contribution in [3.8, 4) is 5.88 Å². The molecule has 3 atom stereocenters. The molecule has 0 bridgehead atoms. The van der Waals surface area contributed by atoms with Crippen LogP contribution in [0.5, 0.6) is 5.88 Å². The molecule has 1 aromatic carbocycles. The highest BCUT2D eigenvalue weighted by atomic mass is 19.1. The minimum atomic E-state index is -1.07. The molecule has 1 aliphatic carbocycles. The molecule has 1 spiro atoms. The van der Waals surface area contributed by atoms with E-state index in [-0.39, 0.29) is 41.5 Å². The van der Waals surface area contributed by atoms with Gasteiger partial charge in [0, 0.05) is 49.7 Å². The van der Waals surface area contributed by atoms with E-state index in [1.807, 2.05) is 6.20 Å². The first kappa shape index (κ1) is 26.5. The number of aliphatic hydroxyl groups excluding tert-OH is 1. The zero-order chi connectivity index (χ0) is 26.1. The van der Waals surface area contributed by atoms with Crippen LogP contribution in [-0.2, 0) is 17.6 Å². The van der Waals surface area contributed by atoms with Crippen LogP contribution >= 0.6 is 0 Å². The van der Waals surface area contributed by atoms with Crippen molar-refractivity contribution in [3.05, 3.63) is 58.8 Å². The maximum Gasteiger partial charge on any atom is 0.218 e. The highest BCUT2D eigenvalue weighted by molar-refractivity contribution is 5.73. The third-order valence-electron chi connectivity index (χ3n) is 7.11. The summed E-state index contributed by atoms with van der Waals surface area (Å²) in [6, 6.07) is 4.81. The topological polar surface area (TPSA) is 83.5 Å². The van der Waals surface area contributed by atoms with Crippen LogP contribution in [0.3, 0.4) is 0 Å². The van der Waals surface area contributed by atoms with Gasteiger partial charge < -0.3 is 20.5 Å². The van der Waals surface area contributed by atoms with Gasteiger partial charge in [-0.15, -0.1) is 0 Å². The standard InChI is InChI=1S/C28H37F2N3O3/c1-17(34)33-23(12-19-21(29)7-5-8-22(19)30)25(35)16-31-24-14-28(9-6-10-28)36-26-20(24)11-18(15-32-26)13-27(2,3)4/h5,7-8,11,15,23-25,31,35H,6,9-10,12-14,16H2,1-4H3,(H,33,34)/t23-,24-,25-/m0/s1. The number of pyridine rings is 1. The van der Waals surface area contributed by atoms with Crippen molar-refractivity contribution in [2.45, 2.75) is 90.0 Å². The normalized spacial score (nSPS) is 20.1. The van der Waals surface area contributed by atoms with Gasteiger partial charge in [-0.3, -0.25) is 4.79 Å². The van der Waals surface area contributed by atoms with Crippen LogP contribution in [0.2, 0.25) is 0 Å². The van der Waals surface area contributed by atoms with Gasteiger partial charge in [-0.2, -0.15) is 0 Å². The fraction of sp³-hybridized carbons (Fsp3) is 0.571. The summed E-state index contributed by atoms with van der Waals surface area (Å²) in [5.41, 5.74) is 1.77. The molecule has 4 rings (SSSR count). The molecule has 2 heterocycles. The lowest BCUT2D eigenvalue weighted by Crippen LogP contribution is -2.52. The summed E-state index contributed by atoms with van der Waals surface area (Å²) in [5, 5.41) is 17.1. The van der Waals surface area contributed by atoms with E-state index in [9.17, 15) is 18.7 Å². The number of fused-ring (bicyclic) bond motifs is 1. The number of rotatable bonds is 8. The summed E-state index contributed by atoms with van der Waals surface area (Å²) in [6.07, 6.45) is 5.29. The summed E-state index contributed by atoms with van der Waals surface area (Å²) < 4.78 is 34.9. The molecule has 1 fully saturated rings. The minimum Gasteiger partial charge on any atom is -0.471 e. The van der Waals surface area contributed by atoms with Crippen LogP contribution < -0.4 is 15.4 Å². The third kappa shape index (κ3) is 6.21. The Morgan fingerprint density at radius 1 is 1.28 bits per heavy atom. The molecule has 1 saturated carbocycles. The van der Waals surface area contributed by atoms with Gasteiger partial charge in [0.05, 0.1) is 12.1 Å². The van der Waals surface area contributed by atoms with Crippen LogP contribution in [0.25, 0.3) is 0 Å². The zero-order valence-corrected chi connectivity index (χ0v) is 21.5. The number of halogens is 2. The first-order chi connectivity index (χ1) is 16.9. The maximum atomic E-state index is 14.3. The molecule has 0 saturated heterocycles. The largest absolute Gasteiger partial charge is 0.471 e. The molecule has 2 aromatic rings. The molecule has 6 nitrogen and oxygen atoms in total. The Kier molecular flexibility index (Phi) is 7.67. The van der Waals surface area contributed by atoms with E-state index in [2.05, 4.69) is 42.5 Å². The Hall–Kier alpha value is -2.58. The fourth-order valence-electron chi connectivity index (χ4n) is 5.24. The van der Waals surface area contributed by atoms with Crippen LogP contribution in [0.1, 0.15) is 76.1 Å². The molecule has 1 aromatic heterocycles. The second-order valence-corrected chi connectivity index (χ2v) is 11.6. The van der Waals surface area contributed by atoms with Gasteiger partial charge in [0.25, 0.3) is 0 Å². The molecule has 8 heteroatoms. The van der Waals surface area contributed by atoms with Crippen molar-refractivity contribution in [3.63, 3.8) is 0 Å². The average Bonchev–Trinajstić information content (AvgIpc) is 2.76. The smallest absolute Gasteiger partial charge is 0.218 e. The number of carbonyl (C=O) groups excluding carboxylic acids is 1. The lowest BCUT2D eigenvalue weighted by Gasteiger charge is -2.47. The lowest BCUT2D eigenvalue weighted by atomic mass is 9.73. The van der Waals surface area contributed by atoms with E-state index in [4.69, 9.17) is 4.74 Å². The summed E-state index contributed by atoms with van der Waals surface area (Å²) in [6.45, 7) is 7.99. The number of benzene rings is 1. The molecule has 3 N–H and O–H groups in total.